The summed E-state index contributed by atoms with van der Waals surface area (Å²) in [6.45, 7) is 0.158. The second-order valence-corrected chi connectivity index (χ2v) is 5.27. The van der Waals surface area contributed by atoms with Gasteiger partial charge in [-0.3, -0.25) is 14.4 Å². The van der Waals surface area contributed by atoms with Gasteiger partial charge < -0.3 is 0 Å². The van der Waals surface area contributed by atoms with Crippen LogP contribution < -0.4 is 0 Å². The van der Waals surface area contributed by atoms with Gasteiger partial charge in [-0.05, 0) is 29.8 Å². The van der Waals surface area contributed by atoms with Crippen LogP contribution in [0.3, 0.4) is 0 Å². The lowest BCUT2D eigenvalue weighted by Gasteiger charge is -2.13. The molecule has 1 aliphatic rings. The van der Waals surface area contributed by atoms with Crippen molar-refractivity contribution in [1.82, 2.24) is 5.06 Å². The van der Waals surface area contributed by atoms with Gasteiger partial charge >= 0.3 is 0 Å². The van der Waals surface area contributed by atoms with E-state index in [0.29, 0.717) is 11.1 Å². The smallest absolute Gasteiger partial charge is 0.266 e. The minimum Gasteiger partial charge on any atom is -0.266 e. The number of amides is 2. The Balaban J connectivity index is 1.77. The van der Waals surface area contributed by atoms with Gasteiger partial charge in [0.2, 0.25) is 0 Å². The quantitative estimate of drug-likeness (QED) is 0.811. The van der Waals surface area contributed by atoms with Crippen molar-refractivity contribution in [2.45, 2.75) is 6.61 Å². The van der Waals surface area contributed by atoms with Crippen LogP contribution in [0.25, 0.3) is 0 Å². The van der Waals surface area contributed by atoms with Gasteiger partial charge in [-0.15, -0.1) is 5.06 Å². The van der Waals surface area contributed by atoms with Gasteiger partial charge in [0.05, 0.1) is 11.1 Å². The van der Waals surface area contributed by atoms with E-state index in [1.807, 2.05) is 24.3 Å². The normalized spacial score (nSPS) is 13.8. The molecular formula is C15H10BrNO3. The number of carbonyl (C=O) groups excluding carboxylic acids is 2. The number of nitrogens with zero attached hydrogens (tertiary/aromatic N) is 1. The van der Waals surface area contributed by atoms with Crippen molar-refractivity contribution in [3.05, 3.63) is 69.7 Å². The monoisotopic (exact) mass is 331 g/mol. The van der Waals surface area contributed by atoms with Crippen molar-refractivity contribution in [3.8, 4) is 0 Å². The molecule has 4 nitrogen and oxygen atoms in total. The summed E-state index contributed by atoms with van der Waals surface area (Å²) in [5.74, 6) is -0.832. The molecule has 2 aromatic rings. The molecule has 0 fully saturated rings. The molecule has 2 aromatic carbocycles. The SMILES string of the molecule is O=C1c2ccccc2C(=O)N1OCc1cccc(Br)c1. The largest absolute Gasteiger partial charge is 0.285 e. The lowest BCUT2D eigenvalue weighted by atomic mass is 10.1. The molecule has 0 unspecified atom stereocenters. The van der Waals surface area contributed by atoms with Crippen LogP contribution in [-0.4, -0.2) is 16.9 Å². The lowest BCUT2D eigenvalue weighted by molar-refractivity contribution is -0.101. The number of imide groups is 1. The molecule has 0 radical (unpaired) electrons. The molecule has 2 amide bonds. The highest BCUT2D eigenvalue weighted by Gasteiger charge is 2.36. The van der Waals surface area contributed by atoms with E-state index in [1.165, 1.54) is 0 Å². The number of benzene rings is 2. The third-order valence-corrected chi connectivity index (χ3v) is 3.50. The average molecular weight is 332 g/mol. The summed E-state index contributed by atoms with van der Waals surface area (Å²) in [6.07, 6.45) is 0. The summed E-state index contributed by atoms with van der Waals surface area (Å²) in [4.78, 5) is 29.5. The number of halogens is 1. The van der Waals surface area contributed by atoms with E-state index in [0.717, 1.165) is 15.1 Å². The van der Waals surface area contributed by atoms with Crippen LogP contribution in [0.1, 0.15) is 26.3 Å². The van der Waals surface area contributed by atoms with Gasteiger partial charge in [-0.2, -0.15) is 0 Å². The van der Waals surface area contributed by atoms with Gasteiger partial charge in [0.1, 0.15) is 6.61 Å². The maximum absolute atomic E-state index is 12.1. The molecule has 0 aromatic heterocycles. The predicted octanol–water partition coefficient (Wildman–Crippen LogP) is 3.18. The number of hydroxylamine groups is 2. The van der Waals surface area contributed by atoms with Gasteiger partial charge in [-0.1, -0.05) is 40.2 Å². The van der Waals surface area contributed by atoms with E-state index in [9.17, 15) is 9.59 Å². The third kappa shape index (κ3) is 2.26. The predicted molar refractivity (Wildman–Crippen MR) is 75.9 cm³/mol. The Bertz CT molecular complexity index is 664. The standard InChI is InChI=1S/C15H10BrNO3/c16-11-5-3-4-10(8-11)9-20-17-14(18)12-6-1-2-7-13(12)15(17)19/h1-8H,9H2. The van der Waals surface area contributed by atoms with Gasteiger partial charge in [0.25, 0.3) is 11.8 Å². The fourth-order valence-electron chi connectivity index (χ4n) is 2.05. The summed E-state index contributed by atoms with van der Waals surface area (Å²) in [6, 6.07) is 14.2. The Labute approximate surface area is 124 Å². The lowest BCUT2D eigenvalue weighted by Crippen LogP contribution is -2.29. The van der Waals surface area contributed by atoms with Crippen molar-refractivity contribution in [2.24, 2.45) is 0 Å². The van der Waals surface area contributed by atoms with Crippen LogP contribution in [0.5, 0.6) is 0 Å². The van der Waals surface area contributed by atoms with Gasteiger partial charge in [-0.25, -0.2) is 0 Å². The molecule has 1 aliphatic heterocycles. The first kappa shape index (κ1) is 13.0. The first-order valence-corrected chi connectivity index (χ1v) is 6.81. The number of hydrogen-bond acceptors (Lipinski definition) is 3. The topological polar surface area (TPSA) is 46.6 Å². The first-order chi connectivity index (χ1) is 9.66. The summed E-state index contributed by atoms with van der Waals surface area (Å²) in [5, 5.41) is 0.825. The summed E-state index contributed by atoms with van der Waals surface area (Å²) >= 11 is 3.36. The highest BCUT2D eigenvalue weighted by atomic mass is 79.9. The van der Waals surface area contributed by atoms with Crippen molar-refractivity contribution >= 4 is 27.7 Å². The number of fused-ring (bicyclic) bond motifs is 1. The Kier molecular flexibility index (Phi) is 3.38. The van der Waals surface area contributed by atoms with Crippen molar-refractivity contribution in [2.75, 3.05) is 0 Å². The second-order valence-electron chi connectivity index (χ2n) is 4.35. The first-order valence-electron chi connectivity index (χ1n) is 6.02. The van der Waals surface area contributed by atoms with E-state index >= 15 is 0 Å². The molecular weight excluding hydrogens is 322 g/mol. The molecule has 0 atom stereocenters. The summed E-state index contributed by atoms with van der Waals surface area (Å²) in [5.41, 5.74) is 1.63. The molecule has 0 saturated carbocycles. The zero-order chi connectivity index (χ0) is 14.1. The van der Waals surface area contributed by atoms with Gasteiger partial charge in [0.15, 0.2) is 0 Å². The zero-order valence-corrected chi connectivity index (χ0v) is 12.0. The Morgan fingerprint density at radius 2 is 1.60 bits per heavy atom. The fourth-order valence-corrected chi connectivity index (χ4v) is 2.50. The molecule has 1 heterocycles. The van der Waals surface area contributed by atoms with E-state index in [4.69, 9.17) is 4.84 Å². The maximum atomic E-state index is 12.1. The van der Waals surface area contributed by atoms with Crippen LogP contribution >= 0.6 is 15.9 Å². The Hall–Kier alpha value is -1.98. The van der Waals surface area contributed by atoms with E-state index in [1.54, 1.807) is 24.3 Å². The molecule has 5 heteroatoms. The van der Waals surface area contributed by atoms with Crippen molar-refractivity contribution < 1.29 is 14.4 Å². The molecule has 0 saturated heterocycles. The van der Waals surface area contributed by atoms with Crippen molar-refractivity contribution in [1.29, 1.82) is 0 Å². The maximum Gasteiger partial charge on any atom is 0.285 e. The number of carbonyl (C=O) groups is 2. The summed E-state index contributed by atoms with van der Waals surface area (Å²) in [7, 11) is 0. The molecule has 0 aliphatic carbocycles. The van der Waals surface area contributed by atoms with Crippen LogP contribution in [-0.2, 0) is 11.4 Å². The highest BCUT2D eigenvalue weighted by molar-refractivity contribution is 9.10. The van der Waals surface area contributed by atoms with E-state index < -0.39 is 11.8 Å². The molecule has 0 spiro atoms. The second kappa shape index (κ2) is 5.19. The minimum atomic E-state index is -0.416. The average Bonchev–Trinajstić information content (AvgIpc) is 2.70. The zero-order valence-electron chi connectivity index (χ0n) is 10.4. The van der Waals surface area contributed by atoms with Crippen LogP contribution in [0.2, 0.25) is 0 Å². The molecule has 0 N–H and O–H groups in total. The number of rotatable bonds is 3. The molecule has 20 heavy (non-hydrogen) atoms. The van der Waals surface area contributed by atoms with E-state index in [-0.39, 0.29) is 6.61 Å². The van der Waals surface area contributed by atoms with Crippen LogP contribution in [0.15, 0.2) is 53.0 Å². The molecule has 0 bridgehead atoms. The van der Waals surface area contributed by atoms with Crippen LogP contribution in [0, 0.1) is 0 Å². The summed E-state index contributed by atoms with van der Waals surface area (Å²) < 4.78 is 0.918. The van der Waals surface area contributed by atoms with Crippen molar-refractivity contribution in [3.63, 3.8) is 0 Å². The highest BCUT2D eigenvalue weighted by Crippen LogP contribution is 2.23. The van der Waals surface area contributed by atoms with Crippen LogP contribution in [0.4, 0.5) is 0 Å². The Morgan fingerprint density at radius 3 is 2.20 bits per heavy atom. The Morgan fingerprint density at radius 1 is 0.950 bits per heavy atom. The van der Waals surface area contributed by atoms with E-state index in [2.05, 4.69) is 15.9 Å². The molecule has 100 valence electrons. The molecule has 3 rings (SSSR count). The fraction of sp³-hybridized carbons (Fsp3) is 0.0667. The minimum absolute atomic E-state index is 0.158. The number of hydrogen-bond donors (Lipinski definition) is 0. The third-order valence-electron chi connectivity index (χ3n) is 3.01. The van der Waals surface area contributed by atoms with Gasteiger partial charge in [0, 0.05) is 4.47 Å².